The van der Waals surface area contributed by atoms with E-state index < -0.39 is 0 Å². The Balaban J connectivity index is 2.60. The van der Waals surface area contributed by atoms with Crippen LogP contribution in [0.3, 0.4) is 0 Å². The van der Waals surface area contributed by atoms with Crippen LogP contribution in [0.5, 0.6) is 5.75 Å². The monoisotopic (exact) mass is 232 g/mol. The van der Waals surface area contributed by atoms with Crippen LogP contribution in [0.2, 0.25) is 0 Å². The van der Waals surface area contributed by atoms with Gasteiger partial charge in [0, 0.05) is 10.4 Å². The van der Waals surface area contributed by atoms with E-state index in [-0.39, 0.29) is 0 Å². The Hall–Kier alpha value is -1.61. The molecule has 0 spiro atoms. The maximum Gasteiger partial charge on any atom is 0.153 e. The maximum atomic E-state index is 10.9. The summed E-state index contributed by atoms with van der Waals surface area (Å²) < 4.78 is 5.31. The summed E-state index contributed by atoms with van der Waals surface area (Å²) >= 11 is 1.66. The van der Waals surface area contributed by atoms with Gasteiger partial charge in [-0.15, -0.1) is 11.3 Å². The van der Waals surface area contributed by atoms with Crippen LogP contribution in [-0.4, -0.2) is 13.4 Å². The quantitative estimate of drug-likeness (QED) is 0.756. The smallest absolute Gasteiger partial charge is 0.153 e. The molecule has 2 nitrogen and oxygen atoms in total. The van der Waals surface area contributed by atoms with Crippen LogP contribution in [0.1, 0.15) is 15.9 Å². The molecule has 1 heterocycles. The van der Waals surface area contributed by atoms with Crippen molar-refractivity contribution >= 4 is 17.6 Å². The van der Waals surface area contributed by atoms with Gasteiger partial charge in [-0.2, -0.15) is 0 Å². The van der Waals surface area contributed by atoms with Crippen LogP contribution in [0.4, 0.5) is 0 Å². The molecule has 0 N–H and O–H groups in total. The van der Waals surface area contributed by atoms with Gasteiger partial charge in [-0.25, -0.2) is 0 Å². The molecule has 1 aromatic carbocycles. The highest BCUT2D eigenvalue weighted by Gasteiger charge is 2.11. The zero-order valence-electron chi connectivity index (χ0n) is 9.19. The van der Waals surface area contributed by atoms with E-state index in [1.54, 1.807) is 24.5 Å². The van der Waals surface area contributed by atoms with E-state index in [0.717, 1.165) is 16.7 Å². The molecule has 0 aliphatic carbocycles. The number of hydrogen-bond acceptors (Lipinski definition) is 3. The predicted molar refractivity (Wildman–Crippen MR) is 66.4 cm³/mol. The van der Waals surface area contributed by atoms with Crippen molar-refractivity contribution in [1.82, 2.24) is 0 Å². The summed E-state index contributed by atoms with van der Waals surface area (Å²) in [6, 6.07) is 7.70. The summed E-state index contributed by atoms with van der Waals surface area (Å²) in [5, 5.41) is 2.09. The number of hydrogen-bond donors (Lipinski definition) is 0. The highest BCUT2D eigenvalue weighted by Crippen LogP contribution is 2.35. The Bertz CT molecular complexity index is 514. The number of carbonyl (C=O) groups excluding carboxylic acids is 1. The number of thiophene rings is 1. The molecule has 0 fully saturated rings. The lowest BCUT2D eigenvalue weighted by Gasteiger charge is -2.08. The normalized spacial score (nSPS) is 10.1. The molecular formula is C13H12O2S. The lowest BCUT2D eigenvalue weighted by molar-refractivity contribution is 0.112. The average molecular weight is 232 g/mol. The molecule has 3 heteroatoms. The average Bonchev–Trinajstić information content (AvgIpc) is 2.74. The van der Waals surface area contributed by atoms with Gasteiger partial charge in [-0.1, -0.05) is 6.07 Å². The van der Waals surface area contributed by atoms with Gasteiger partial charge >= 0.3 is 0 Å². The van der Waals surface area contributed by atoms with Gasteiger partial charge in [-0.3, -0.25) is 4.79 Å². The lowest BCUT2D eigenvalue weighted by atomic mass is 10.1. The molecule has 82 valence electrons. The fourth-order valence-corrected chi connectivity index (χ4v) is 2.56. The van der Waals surface area contributed by atoms with Crippen molar-refractivity contribution in [3.63, 3.8) is 0 Å². The summed E-state index contributed by atoms with van der Waals surface area (Å²) in [5.41, 5.74) is 2.79. The zero-order valence-corrected chi connectivity index (χ0v) is 10.0. The minimum atomic E-state index is 0.589. The van der Waals surface area contributed by atoms with Gasteiger partial charge in [0.1, 0.15) is 5.75 Å². The zero-order chi connectivity index (χ0) is 11.5. The fourth-order valence-electron chi connectivity index (χ4n) is 1.64. The Labute approximate surface area is 98.5 Å². The third-order valence-corrected chi connectivity index (χ3v) is 3.45. The Morgan fingerprint density at radius 3 is 2.75 bits per heavy atom. The van der Waals surface area contributed by atoms with E-state index in [1.807, 2.05) is 12.1 Å². The largest absolute Gasteiger partial charge is 0.495 e. The van der Waals surface area contributed by atoms with Crippen molar-refractivity contribution in [3.8, 4) is 16.2 Å². The van der Waals surface area contributed by atoms with Crippen molar-refractivity contribution in [3.05, 3.63) is 40.8 Å². The van der Waals surface area contributed by atoms with Crippen LogP contribution >= 0.6 is 11.3 Å². The van der Waals surface area contributed by atoms with Gasteiger partial charge in [0.05, 0.1) is 12.7 Å². The molecule has 2 rings (SSSR count). The van der Waals surface area contributed by atoms with Crippen molar-refractivity contribution < 1.29 is 9.53 Å². The summed E-state index contributed by atoms with van der Waals surface area (Å²) in [6.07, 6.45) is 0.822. The lowest BCUT2D eigenvalue weighted by Crippen LogP contribution is -1.92. The number of para-hydroxylation sites is 1. The number of rotatable bonds is 3. The van der Waals surface area contributed by atoms with Crippen LogP contribution in [-0.2, 0) is 0 Å². The standard InChI is InChI=1S/C13H12O2S/c1-9-6-12(16-8-9)11-5-3-4-10(7-14)13(11)15-2/h3-8H,1-2H3. The summed E-state index contributed by atoms with van der Waals surface area (Å²) in [5.74, 6) is 0.652. The van der Waals surface area contributed by atoms with E-state index in [4.69, 9.17) is 4.74 Å². The second-order valence-electron chi connectivity index (χ2n) is 3.53. The molecule has 0 saturated heterocycles. The second-order valence-corrected chi connectivity index (χ2v) is 4.45. The number of ether oxygens (including phenoxy) is 1. The molecule has 0 amide bonds. The molecule has 0 atom stereocenters. The predicted octanol–water partition coefficient (Wildman–Crippen LogP) is 3.54. The second kappa shape index (κ2) is 4.49. The van der Waals surface area contributed by atoms with Crippen LogP contribution in [0.15, 0.2) is 29.6 Å². The van der Waals surface area contributed by atoms with E-state index in [2.05, 4.69) is 18.4 Å². The molecule has 1 aromatic heterocycles. The molecule has 0 aliphatic rings. The minimum absolute atomic E-state index is 0.589. The Morgan fingerprint density at radius 2 is 2.19 bits per heavy atom. The highest BCUT2D eigenvalue weighted by molar-refractivity contribution is 7.13. The van der Waals surface area contributed by atoms with Crippen LogP contribution in [0.25, 0.3) is 10.4 Å². The summed E-state index contributed by atoms with van der Waals surface area (Å²) in [4.78, 5) is 12.0. The van der Waals surface area contributed by atoms with Crippen molar-refractivity contribution in [1.29, 1.82) is 0 Å². The van der Waals surface area contributed by atoms with Crippen molar-refractivity contribution in [2.24, 2.45) is 0 Å². The number of benzene rings is 1. The molecule has 16 heavy (non-hydrogen) atoms. The number of carbonyl (C=O) groups is 1. The van der Waals surface area contributed by atoms with E-state index >= 15 is 0 Å². The SMILES string of the molecule is COc1c(C=O)cccc1-c1cc(C)cs1. The highest BCUT2D eigenvalue weighted by atomic mass is 32.1. The molecule has 2 aromatic rings. The fraction of sp³-hybridized carbons (Fsp3) is 0.154. The summed E-state index contributed by atoms with van der Waals surface area (Å²) in [7, 11) is 1.59. The molecular weight excluding hydrogens is 220 g/mol. The van der Waals surface area contributed by atoms with Gasteiger partial charge in [0.2, 0.25) is 0 Å². The third-order valence-electron chi connectivity index (χ3n) is 2.37. The van der Waals surface area contributed by atoms with E-state index in [1.165, 1.54) is 5.56 Å². The summed E-state index contributed by atoms with van der Waals surface area (Å²) in [6.45, 7) is 2.05. The molecule has 0 saturated carbocycles. The molecule has 0 radical (unpaired) electrons. The third kappa shape index (κ3) is 1.86. The number of aryl methyl sites for hydroxylation is 1. The topological polar surface area (TPSA) is 26.3 Å². The first-order chi connectivity index (χ1) is 7.76. The van der Waals surface area contributed by atoms with Gasteiger partial charge in [0.25, 0.3) is 0 Å². The van der Waals surface area contributed by atoms with Gasteiger partial charge in [-0.05, 0) is 36.1 Å². The first-order valence-electron chi connectivity index (χ1n) is 4.94. The molecule has 0 bridgehead atoms. The van der Waals surface area contributed by atoms with E-state index in [9.17, 15) is 4.79 Å². The van der Waals surface area contributed by atoms with Crippen LogP contribution in [0, 0.1) is 6.92 Å². The van der Waals surface area contributed by atoms with E-state index in [0.29, 0.717) is 11.3 Å². The van der Waals surface area contributed by atoms with Crippen molar-refractivity contribution in [2.45, 2.75) is 6.92 Å². The number of methoxy groups -OCH3 is 1. The number of aldehydes is 1. The van der Waals surface area contributed by atoms with Gasteiger partial charge in [0.15, 0.2) is 6.29 Å². The van der Waals surface area contributed by atoms with Crippen LogP contribution < -0.4 is 4.74 Å². The Morgan fingerprint density at radius 1 is 1.38 bits per heavy atom. The molecule has 0 unspecified atom stereocenters. The first kappa shape index (κ1) is 10.9. The molecule has 0 aliphatic heterocycles. The minimum Gasteiger partial charge on any atom is -0.495 e. The van der Waals surface area contributed by atoms with Gasteiger partial charge < -0.3 is 4.74 Å². The van der Waals surface area contributed by atoms with Crippen molar-refractivity contribution in [2.75, 3.05) is 7.11 Å². The Kier molecular flexibility index (Phi) is 3.06. The first-order valence-corrected chi connectivity index (χ1v) is 5.82. The maximum absolute atomic E-state index is 10.9.